The fraction of sp³-hybridized carbons (Fsp3) is 0.647. The SMILES string of the molecule is CCCNC(CSc1ccccc1Cl)C1CCCCC1. The Morgan fingerprint density at radius 1 is 1.25 bits per heavy atom. The second-order valence-electron chi connectivity index (χ2n) is 5.70. The molecule has 0 spiro atoms. The van der Waals surface area contributed by atoms with Crippen molar-refractivity contribution in [3.8, 4) is 0 Å². The summed E-state index contributed by atoms with van der Waals surface area (Å²) in [6, 6.07) is 8.82. The van der Waals surface area contributed by atoms with E-state index in [1.807, 2.05) is 23.9 Å². The van der Waals surface area contributed by atoms with Gasteiger partial charge in [0.05, 0.1) is 5.02 Å². The molecular formula is C17H26ClNS. The molecule has 1 aliphatic carbocycles. The van der Waals surface area contributed by atoms with E-state index in [2.05, 4.69) is 24.4 Å². The van der Waals surface area contributed by atoms with Gasteiger partial charge in [0.1, 0.15) is 0 Å². The Morgan fingerprint density at radius 3 is 2.70 bits per heavy atom. The summed E-state index contributed by atoms with van der Waals surface area (Å²) in [6.45, 7) is 3.37. The zero-order valence-corrected chi connectivity index (χ0v) is 14.0. The van der Waals surface area contributed by atoms with Crippen LogP contribution in [-0.2, 0) is 0 Å². The third-order valence-corrected chi connectivity index (χ3v) is 5.76. The first-order valence-corrected chi connectivity index (χ1v) is 9.28. The van der Waals surface area contributed by atoms with Gasteiger partial charge in [-0.2, -0.15) is 0 Å². The van der Waals surface area contributed by atoms with Crippen LogP contribution >= 0.6 is 23.4 Å². The maximum Gasteiger partial charge on any atom is 0.0541 e. The van der Waals surface area contributed by atoms with Gasteiger partial charge in [0, 0.05) is 16.7 Å². The molecule has 20 heavy (non-hydrogen) atoms. The summed E-state index contributed by atoms with van der Waals surface area (Å²) in [6.07, 6.45) is 8.24. The molecule has 0 aliphatic heterocycles. The molecule has 1 N–H and O–H groups in total. The molecule has 1 fully saturated rings. The molecule has 0 saturated heterocycles. The van der Waals surface area contributed by atoms with Crippen molar-refractivity contribution >= 4 is 23.4 Å². The van der Waals surface area contributed by atoms with Gasteiger partial charge in [-0.25, -0.2) is 0 Å². The Kier molecular flexibility index (Phi) is 7.26. The Morgan fingerprint density at radius 2 is 2.00 bits per heavy atom. The topological polar surface area (TPSA) is 12.0 Å². The lowest BCUT2D eigenvalue weighted by Crippen LogP contribution is -2.39. The first-order valence-electron chi connectivity index (χ1n) is 7.92. The Hall–Kier alpha value is -0.180. The highest BCUT2D eigenvalue weighted by Crippen LogP contribution is 2.32. The zero-order chi connectivity index (χ0) is 14.2. The molecule has 1 aliphatic rings. The van der Waals surface area contributed by atoms with Crippen molar-refractivity contribution in [2.45, 2.75) is 56.4 Å². The van der Waals surface area contributed by atoms with Gasteiger partial charge in [0.25, 0.3) is 0 Å². The summed E-state index contributed by atoms with van der Waals surface area (Å²) in [5, 5.41) is 4.65. The standard InChI is InChI=1S/C17H26ClNS/c1-2-12-19-16(14-8-4-3-5-9-14)13-20-17-11-7-6-10-15(17)18/h6-7,10-11,14,16,19H,2-5,8-9,12-13H2,1H3. The summed E-state index contributed by atoms with van der Waals surface area (Å²) in [5.74, 6) is 1.99. The van der Waals surface area contributed by atoms with Crippen molar-refractivity contribution < 1.29 is 0 Å². The minimum Gasteiger partial charge on any atom is -0.313 e. The molecule has 1 aromatic rings. The molecule has 0 aromatic heterocycles. The zero-order valence-electron chi connectivity index (χ0n) is 12.4. The molecule has 1 atom stereocenters. The predicted octanol–water partition coefficient (Wildman–Crippen LogP) is 5.38. The average Bonchev–Trinajstić information content (AvgIpc) is 2.50. The molecule has 112 valence electrons. The minimum absolute atomic E-state index is 0.636. The van der Waals surface area contributed by atoms with Crippen molar-refractivity contribution in [2.75, 3.05) is 12.3 Å². The van der Waals surface area contributed by atoms with Gasteiger partial charge < -0.3 is 5.32 Å². The van der Waals surface area contributed by atoms with E-state index in [4.69, 9.17) is 11.6 Å². The van der Waals surface area contributed by atoms with E-state index in [1.165, 1.54) is 43.4 Å². The van der Waals surface area contributed by atoms with Crippen LogP contribution in [0.2, 0.25) is 5.02 Å². The number of halogens is 1. The van der Waals surface area contributed by atoms with Gasteiger partial charge in [0.2, 0.25) is 0 Å². The van der Waals surface area contributed by atoms with Gasteiger partial charge in [-0.1, -0.05) is 49.9 Å². The van der Waals surface area contributed by atoms with Crippen LogP contribution in [0.5, 0.6) is 0 Å². The second kappa shape index (κ2) is 8.96. The monoisotopic (exact) mass is 311 g/mol. The molecule has 1 aromatic carbocycles. The number of hydrogen-bond acceptors (Lipinski definition) is 2. The summed E-state index contributed by atoms with van der Waals surface area (Å²) >= 11 is 8.16. The Bertz CT molecular complexity index is 390. The maximum absolute atomic E-state index is 6.26. The summed E-state index contributed by atoms with van der Waals surface area (Å²) in [4.78, 5) is 1.22. The normalized spacial score (nSPS) is 18.1. The second-order valence-corrected chi connectivity index (χ2v) is 7.17. The van der Waals surface area contributed by atoms with Crippen LogP contribution in [0.4, 0.5) is 0 Å². The highest BCUT2D eigenvalue weighted by atomic mass is 35.5. The van der Waals surface area contributed by atoms with E-state index in [9.17, 15) is 0 Å². The molecule has 1 unspecified atom stereocenters. The summed E-state index contributed by atoms with van der Waals surface area (Å²) in [7, 11) is 0. The molecule has 1 nitrogen and oxygen atoms in total. The minimum atomic E-state index is 0.636. The Balaban J connectivity index is 1.91. The number of rotatable bonds is 7. The van der Waals surface area contributed by atoms with E-state index in [0.717, 1.165) is 23.2 Å². The Labute approximate surface area is 132 Å². The lowest BCUT2D eigenvalue weighted by molar-refractivity contribution is 0.285. The van der Waals surface area contributed by atoms with Gasteiger partial charge in [-0.3, -0.25) is 0 Å². The van der Waals surface area contributed by atoms with E-state index in [-0.39, 0.29) is 0 Å². The van der Waals surface area contributed by atoms with Crippen LogP contribution in [0.3, 0.4) is 0 Å². The van der Waals surface area contributed by atoms with Gasteiger partial charge >= 0.3 is 0 Å². The molecule has 0 bridgehead atoms. The maximum atomic E-state index is 6.26. The highest BCUT2D eigenvalue weighted by molar-refractivity contribution is 7.99. The molecule has 0 radical (unpaired) electrons. The van der Waals surface area contributed by atoms with E-state index in [0.29, 0.717) is 6.04 Å². The first-order chi connectivity index (χ1) is 9.81. The molecular weight excluding hydrogens is 286 g/mol. The highest BCUT2D eigenvalue weighted by Gasteiger charge is 2.23. The fourth-order valence-corrected chi connectivity index (χ4v) is 4.40. The van der Waals surface area contributed by atoms with Crippen LogP contribution < -0.4 is 5.32 Å². The van der Waals surface area contributed by atoms with Crippen molar-refractivity contribution in [1.82, 2.24) is 5.32 Å². The predicted molar refractivity (Wildman–Crippen MR) is 90.8 cm³/mol. The van der Waals surface area contributed by atoms with Crippen LogP contribution in [-0.4, -0.2) is 18.3 Å². The molecule has 1 saturated carbocycles. The lowest BCUT2D eigenvalue weighted by Gasteiger charge is -2.31. The van der Waals surface area contributed by atoms with Crippen molar-refractivity contribution in [3.05, 3.63) is 29.3 Å². The number of thioether (sulfide) groups is 1. The van der Waals surface area contributed by atoms with E-state index >= 15 is 0 Å². The van der Waals surface area contributed by atoms with Crippen molar-refractivity contribution in [1.29, 1.82) is 0 Å². The van der Waals surface area contributed by atoms with Crippen LogP contribution in [0.1, 0.15) is 45.4 Å². The molecule has 3 heteroatoms. The number of nitrogens with one attached hydrogen (secondary N) is 1. The van der Waals surface area contributed by atoms with Crippen molar-refractivity contribution in [3.63, 3.8) is 0 Å². The first kappa shape index (κ1) is 16.2. The van der Waals surface area contributed by atoms with Crippen LogP contribution in [0.25, 0.3) is 0 Å². The molecule has 0 amide bonds. The van der Waals surface area contributed by atoms with Gasteiger partial charge in [-0.05, 0) is 43.9 Å². The van der Waals surface area contributed by atoms with Gasteiger partial charge in [0.15, 0.2) is 0 Å². The third kappa shape index (κ3) is 4.98. The number of benzene rings is 1. The van der Waals surface area contributed by atoms with Gasteiger partial charge in [-0.15, -0.1) is 11.8 Å². The van der Waals surface area contributed by atoms with E-state index < -0.39 is 0 Å². The van der Waals surface area contributed by atoms with Crippen molar-refractivity contribution in [2.24, 2.45) is 5.92 Å². The fourth-order valence-electron chi connectivity index (χ4n) is 2.97. The smallest absolute Gasteiger partial charge is 0.0541 e. The summed E-state index contributed by atoms with van der Waals surface area (Å²) in [5.41, 5.74) is 0. The lowest BCUT2D eigenvalue weighted by atomic mass is 9.84. The average molecular weight is 312 g/mol. The molecule has 2 rings (SSSR count). The van der Waals surface area contributed by atoms with Crippen LogP contribution in [0, 0.1) is 5.92 Å². The largest absolute Gasteiger partial charge is 0.313 e. The number of hydrogen-bond donors (Lipinski definition) is 1. The quantitative estimate of drug-likeness (QED) is 0.678. The third-order valence-electron chi connectivity index (χ3n) is 4.13. The summed E-state index contributed by atoms with van der Waals surface area (Å²) < 4.78 is 0. The van der Waals surface area contributed by atoms with Crippen LogP contribution in [0.15, 0.2) is 29.2 Å². The molecule has 0 heterocycles. The van der Waals surface area contributed by atoms with E-state index in [1.54, 1.807) is 0 Å².